The minimum Gasteiger partial charge on any atom is -0.477 e. The number of carboxylic acids is 1. The average Bonchev–Trinajstić information content (AvgIpc) is 2.78. The molecule has 0 aliphatic rings. The van der Waals surface area contributed by atoms with E-state index in [1.165, 1.54) is 6.07 Å². The standard InChI is InChI=1S/C12H8O3S/c13-11(8-4-2-1-3-5-8)9-6-7-10(16-9)12(14)15/h1-7H,(H,14,15). The number of thiophene rings is 1. The summed E-state index contributed by atoms with van der Waals surface area (Å²) in [5.74, 6) is -1.14. The van der Waals surface area contributed by atoms with E-state index in [0.29, 0.717) is 10.4 Å². The fraction of sp³-hybridized carbons (Fsp3) is 0. The molecule has 0 fully saturated rings. The number of ketones is 1. The molecule has 0 spiro atoms. The average molecular weight is 232 g/mol. The first-order valence-corrected chi connectivity index (χ1v) is 5.43. The van der Waals surface area contributed by atoms with Crippen molar-refractivity contribution >= 4 is 23.1 Å². The lowest BCUT2D eigenvalue weighted by molar-refractivity contribution is 0.0702. The van der Waals surface area contributed by atoms with Crippen LogP contribution in [0.1, 0.15) is 24.9 Å². The zero-order chi connectivity index (χ0) is 11.5. The Morgan fingerprint density at radius 2 is 1.56 bits per heavy atom. The first-order chi connectivity index (χ1) is 7.68. The van der Waals surface area contributed by atoms with Gasteiger partial charge in [-0.25, -0.2) is 4.79 Å². The Morgan fingerprint density at radius 3 is 2.12 bits per heavy atom. The zero-order valence-electron chi connectivity index (χ0n) is 8.21. The van der Waals surface area contributed by atoms with Crippen LogP contribution < -0.4 is 0 Å². The summed E-state index contributed by atoms with van der Waals surface area (Å²) in [5.41, 5.74) is 0.571. The number of carboxylic acid groups (broad SMARTS) is 1. The molecule has 0 unspecified atom stereocenters. The molecule has 1 N–H and O–H groups in total. The van der Waals surface area contributed by atoms with E-state index in [0.717, 1.165) is 11.3 Å². The fourth-order valence-electron chi connectivity index (χ4n) is 1.31. The van der Waals surface area contributed by atoms with Crippen LogP contribution in [0.3, 0.4) is 0 Å². The van der Waals surface area contributed by atoms with Crippen LogP contribution in [0.25, 0.3) is 0 Å². The third-order valence-electron chi connectivity index (χ3n) is 2.08. The van der Waals surface area contributed by atoms with Gasteiger partial charge in [0.1, 0.15) is 4.88 Å². The summed E-state index contributed by atoms with van der Waals surface area (Å²) in [7, 11) is 0. The van der Waals surface area contributed by atoms with E-state index in [4.69, 9.17) is 5.11 Å². The lowest BCUT2D eigenvalue weighted by Gasteiger charge is -1.95. The summed E-state index contributed by atoms with van der Waals surface area (Å²) >= 11 is 0.995. The SMILES string of the molecule is O=C(O)c1ccc(C(=O)c2ccccc2)s1. The summed E-state index contributed by atoms with van der Waals surface area (Å²) in [6.45, 7) is 0. The van der Waals surface area contributed by atoms with Gasteiger partial charge in [-0.3, -0.25) is 4.79 Å². The first kappa shape index (κ1) is 10.6. The third-order valence-corrected chi connectivity index (χ3v) is 3.15. The molecule has 2 rings (SSSR count). The maximum atomic E-state index is 11.9. The maximum absolute atomic E-state index is 11.9. The van der Waals surface area contributed by atoms with Gasteiger partial charge >= 0.3 is 5.97 Å². The van der Waals surface area contributed by atoms with Crippen molar-refractivity contribution in [1.29, 1.82) is 0 Å². The van der Waals surface area contributed by atoms with Gasteiger partial charge in [0, 0.05) is 5.56 Å². The summed E-state index contributed by atoms with van der Waals surface area (Å²) in [6.07, 6.45) is 0. The van der Waals surface area contributed by atoms with Gasteiger partial charge in [0.2, 0.25) is 5.78 Å². The van der Waals surface area contributed by atoms with Gasteiger partial charge in [0.25, 0.3) is 0 Å². The molecule has 0 amide bonds. The van der Waals surface area contributed by atoms with Crippen LogP contribution in [0.15, 0.2) is 42.5 Å². The highest BCUT2D eigenvalue weighted by atomic mass is 32.1. The van der Waals surface area contributed by atoms with Gasteiger partial charge in [-0.05, 0) is 12.1 Å². The highest BCUT2D eigenvalue weighted by Gasteiger charge is 2.13. The lowest BCUT2D eigenvalue weighted by atomic mass is 10.1. The van der Waals surface area contributed by atoms with Gasteiger partial charge in [-0.2, -0.15) is 0 Å². The van der Waals surface area contributed by atoms with Crippen LogP contribution in [0.5, 0.6) is 0 Å². The minimum atomic E-state index is -1.00. The summed E-state index contributed by atoms with van der Waals surface area (Å²) < 4.78 is 0. The van der Waals surface area contributed by atoms with E-state index in [1.54, 1.807) is 30.3 Å². The topological polar surface area (TPSA) is 54.4 Å². The molecule has 1 heterocycles. The van der Waals surface area contributed by atoms with Crippen LogP contribution in [-0.2, 0) is 0 Å². The van der Waals surface area contributed by atoms with Gasteiger partial charge in [0.15, 0.2) is 0 Å². The van der Waals surface area contributed by atoms with Gasteiger partial charge < -0.3 is 5.11 Å². The van der Waals surface area contributed by atoms with Crippen molar-refractivity contribution in [2.75, 3.05) is 0 Å². The van der Waals surface area contributed by atoms with E-state index in [2.05, 4.69) is 0 Å². The van der Waals surface area contributed by atoms with Gasteiger partial charge in [0.05, 0.1) is 4.88 Å². The summed E-state index contributed by atoms with van der Waals surface area (Å²) in [4.78, 5) is 23.2. The van der Waals surface area contributed by atoms with Crippen LogP contribution >= 0.6 is 11.3 Å². The van der Waals surface area contributed by atoms with Crippen LogP contribution in [0, 0.1) is 0 Å². The number of carbonyl (C=O) groups is 2. The predicted octanol–water partition coefficient (Wildman–Crippen LogP) is 2.68. The molecular formula is C12H8O3S. The van der Waals surface area contributed by atoms with Crippen LogP contribution in [-0.4, -0.2) is 16.9 Å². The van der Waals surface area contributed by atoms with Crippen molar-refractivity contribution in [2.24, 2.45) is 0 Å². The van der Waals surface area contributed by atoms with Gasteiger partial charge in [-0.15, -0.1) is 11.3 Å². The van der Waals surface area contributed by atoms with Crippen LogP contribution in [0.2, 0.25) is 0 Å². The second kappa shape index (κ2) is 4.28. The molecule has 0 bridgehead atoms. The molecule has 80 valence electrons. The Hall–Kier alpha value is -1.94. The number of hydrogen-bond donors (Lipinski definition) is 1. The Kier molecular flexibility index (Phi) is 2.83. The molecule has 1 aromatic heterocycles. The first-order valence-electron chi connectivity index (χ1n) is 4.61. The van der Waals surface area contributed by atoms with Crippen molar-refractivity contribution < 1.29 is 14.7 Å². The van der Waals surface area contributed by atoms with Crippen molar-refractivity contribution in [2.45, 2.75) is 0 Å². The minimum absolute atomic E-state index is 0.141. The second-order valence-electron chi connectivity index (χ2n) is 3.16. The molecule has 0 saturated carbocycles. The summed E-state index contributed by atoms with van der Waals surface area (Å²) in [5, 5.41) is 8.75. The maximum Gasteiger partial charge on any atom is 0.345 e. The van der Waals surface area contributed by atoms with Crippen molar-refractivity contribution in [3.63, 3.8) is 0 Å². The fourth-order valence-corrected chi connectivity index (χ4v) is 2.11. The van der Waals surface area contributed by atoms with E-state index < -0.39 is 5.97 Å². The molecule has 0 atom stereocenters. The molecule has 0 saturated heterocycles. The molecule has 0 radical (unpaired) electrons. The molecule has 0 aliphatic heterocycles. The molecule has 3 nitrogen and oxygen atoms in total. The molecular weight excluding hydrogens is 224 g/mol. The normalized spacial score (nSPS) is 10.0. The number of hydrogen-bond acceptors (Lipinski definition) is 3. The third kappa shape index (κ3) is 2.01. The van der Waals surface area contributed by atoms with E-state index in [9.17, 15) is 9.59 Å². The zero-order valence-corrected chi connectivity index (χ0v) is 9.03. The van der Waals surface area contributed by atoms with Crippen molar-refractivity contribution in [1.82, 2.24) is 0 Å². The van der Waals surface area contributed by atoms with Crippen molar-refractivity contribution in [3.05, 3.63) is 57.8 Å². The second-order valence-corrected chi connectivity index (χ2v) is 4.25. The van der Waals surface area contributed by atoms with Gasteiger partial charge in [-0.1, -0.05) is 30.3 Å². The molecule has 16 heavy (non-hydrogen) atoms. The molecule has 4 heteroatoms. The largest absolute Gasteiger partial charge is 0.477 e. The molecule has 1 aromatic carbocycles. The highest BCUT2D eigenvalue weighted by molar-refractivity contribution is 7.16. The van der Waals surface area contributed by atoms with Crippen LogP contribution in [0.4, 0.5) is 0 Å². The molecule has 0 aliphatic carbocycles. The van der Waals surface area contributed by atoms with E-state index in [-0.39, 0.29) is 10.7 Å². The highest BCUT2D eigenvalue weighted by Crippen LogP contribution is 2.19. The number of aromatic carboxylic acids is 1. The Bertz CT molecular complexity index is 528. The molecule has 2 aromatic rings. The summed E-state index contributed by atoms with van der Waals surface area (Å²) in [6, 6.07) is 11.8. The quantitative estimate of drug-likeness (QED) is 0.828. The number of rotatable bonds is 3. The Morgan fingerprint density at radius 1 is 0.938 bits per heavy atom. The number of carbonyl (C=O) groups excluding carboxylic acids is 1. The smallest absolute Gasteiger partial charge is 0.345 e. The predicted molar refractivity (Wildman–Crippen MR) is 61.2 cm³/mol. The number of benzene rings is 1. The van der Waals surface area contributed by atoms with E-state index in [1.807, 2.05) is 6.07 Å². The monoisotopic (exact) mass is 232 g/mol. The Balaban J connectivity index is 2.31. The van der Waals surface area contributed by atoms with E-state index >= 15 is 0 Å². The lowest BCUT2D eigenvalue weighted by Crippen LogP contribution is -1.97. The Labute approximate surface area is 96.0 Å². The van der Waals surface area contributed by atoms with Crippen molar-refractivity contribution in [3.8, 4) is 0 Å².